The Balaban J connectivity index is 1.46. The van der Waals surface area contributed by atoms with Gasteiger partial charge in [0, 0.05) is 18.7 Å². The van der Waals surface area contributed by atoms with Gasteiger partial charge < -0.3 is 10.1 Å². The molecule has 4 nitrogen and oxygen atoms in total. The SMILES string of the molecule is O=C(NCc1ccc(CN2CCCCC2)cc1)c1ccc(OCC(F)(F)F)cc1. The molecule has 29 heavy (non-hydrogen) atoms. The average Bonchev–Trinajstić information content (AvgIpc) is 2.72. The molecule has 156 valence electrons. The Kier molecular flexibility index (Phi) is 7.14. The third kappa shape index (κ3) is 7.09. The zero-order valence-corrected chi connectivity index (χ0v) is 16.2. The van der Waals surface area contributed by atoms with Gasteiger partial charge in [-0.25, -0.2) is 0 Å². The zero-order valence-electron chi connectivity index (χ0n) is 16.2. The monoisotopic (exact) mass is 406 g/mol. The predicted molar refractivity (Wildman–Crippen MR) is 105 cm³/mol. The van der Waals surface area contributed by atoms with Crippen molar-refractivity contribution < 1.29 is 22.7 Å². The number of amides is 1. The summed E-state index contributed by atoms with van der Waals surface area (Å²) in [7, 11) is 0. The predicted octanol–water partition coefficient (Wildman–Crippen LogP) is 4.54. The standard InChI is InChI=1S/C22H25F3N2O2/c23-22(24,25)16-29-20-10-8-19(9-11-20)21(28)26-14-17-4-6-18(7-5-17)15-27-12-2-1-3-13-27/h4-11H,1-3,12-16H2,(H,26,28). The van der Waals surface area contributed by atoms with E-state index in [2.05, 4.69) is 27.1 Å². The van der Waals surface area contributed by atoms with Crippen LogP contribution in [0.1, 0.15) is 40.7 Å². The van der Waals surface area contributed by atoms with E-state index < -0.39 is 12.8 Å². The van der Waals surface area contributed by atoms with Crippen LogP contribution in [0.15, 0.2) is 48.5 Å². The third-order valence-corrected chi connectivity index (χ3v) is 4.85. The quantitative estimate of drug-likeness (QED) is 0.734. The average molecular weight is 406 g/mol. The number of alkyl halides is 3. The van der Waals surface area contributed by atoms with E-state index in [0.717, 1.165) is 25.2 Å². The molecule has 0 spiro atoms. The smallest absolute Gasteiger partial charge is 0.422 e. The number of piperidine rings is 1. The van der Waals surface area contributed by atoms with Gasteiger partial charge in [-0.2, -0.15) is 13.2 Å². The van der Waals surface area contributed by atoms with Gasteiger partial charge in [0.1, 0.15) is 5.75 Å². The first-order valence-electron chi connectivity index (χ1n) is 9.77. The number of benzene rings is 2. The fraction of sp³-hybridized carbons (Fsp3) is 0.409. The number of nitrogens with one attached hydrogen (secondary N) is 1. The highest BCUT2D eigenvalue weighted by Gasteiger charge is 2.28. The summed E-state index contributed by atoms with van der Waals surface area (Å²) < 4.78 is 41.1. The Morgan fingerprint density at radius 3 is 2.17 bits per heavy atom. The van der Waals surface area contributed by atoms with Gasteiger partial charge in [-0.05, 0) is 61.3 Å². The maximum absolute atomic E-state index is 12.2. The topological polar surface area (TPSA) is 41.6 Å². The van der Waals surface area contributed by atoms with Gasteiger partial charge in [0.15, 0.2) is 6.61 Å². The van der Waals surface area contributed by atoms with Crippen LogP contribution < -0.4 is 10.1 Å². The van der Waals surface area contributed by atoms with E-state index in [9.17, 15) is 18.0 Å². The van der Waals surface area contributed by atoms with Crippen molar-refractivity contribution >= 4 is 5.91 Å². The van der Waals surface area contributed by atoms with Crippen LogP contribution in [0.4, 0.5) is 13.2 Å². The molecule has 2 aromatic rings. The minimum Gasteiger partial charge on any atom is -0.484 e. The molecule has 0 atom stereocenters. The van der Waals surface area contributed by atoms with Crippen molar-refractivity contribution in [3.8, 4) is 5.75 Å². The van der Waals surface area contributed by atoms with Gasteiger partial charge in [-0.1, -0.05) is 30.7 Å². The summed E-state index contributed by atoms with van der Waals surface area (Å²) in [4.78, 5) is 14.7. The molecule has 1 amide bonds. The van der Waals surface area contributed by atoms with Crippen LogP contribution >= 0.6 is 0 Å². The summed E-state index contributed by atoms with van der Waals surface area (Å²) in [6.07, 6.45) is -0.545. The van der Waals surface area contributed by atoms with Crippen molar-refractivity contribution in [3.05, 3.63) is 65.2 Å². The van der Waals surface area contributed by atoms with Crippen molar-refractivity contribution in [2.24, 2.45) is 0 Å². The van der Waals surface area contributed by atoms with Crippen LogP contribution in [-0.2, 0) is 13.1 Å². The van der Waals surface area contributed by atoms with Gasteiger partial charge in [-0.15, -0.1) is 0 Å². The Morgan fingerprint density at radius 1 is 0.931 bits per heavy atom. The molecule has 1 fully saturated rings. The van der Waals surface area contributed by atoms with E-state index in [4.69, 9.17) is 0 Å². The minimum absolute atomic E-state index is 0.0724. The maximum atomic E-state index is 12.2. The number of likely N-dealkylation sites (tertiary alicyclic amines) is 1. The molecule has 0 bridgehead atoms. The molecule has 1 aliphatic heterocycles. The van der Waals surface area contributed by atoms with E-state index in [0.29, 0.717) is 12.1 Å². The van der Waals surface area contributed by atoms with Crippen molar-refractivity contribution in [1.82, 2.24) is 10.2 Å². The number of halogens is 3. The summed E-state index contributed by atoms with van der Waals surface area (Å²) >= 11 is 0. The molecule has 1 saturated heterocycles. The first kappa shape index (κ1) is 21.2. The zero-order chi connectivity index (χ0) is 20.7. The first-order chi connectivity index (χ1) is 13.9. The van der Waals surface area contributed by atoms with Gasteiger partial charge in [0.05, 0.1) is 0 Å². The van der Waals surface area contributed by atoms with Crippen molar-refractivity contribution in [3.63, 3.8) is 0 Å². The number of carbonyl (C=O) groups is 1. The normalized spacial score (nSPS) is 15.1. The lowest BCUT2D eigenvalue weighted by Crippen LogP contribution is -2.29. The Hall–Kier alpha value is -2.54. The highest BCUT2D eigenvalue weighted by molar-refractivity contribution is 5.94. The molecule has 3 rings (SSSR count). The Morgan fingerprint density at radius 2 is 1.55 bits per heavy atom. The van der Waals surface area contributed by atoms with Crippen molar-refractivity contribution in [1.29, 1.82) is 0 Å². The van der Waals surface area contributed by atoms with Crippen LogP contribution in [0, 0.1) is 0 Å². The largest absolute Gasteiger partial charge is 0.484 e. The lowest BCUT2D eigenvalue weighted by atomic mass is 10.1. The van der Waals surface area contributed by atoms with Crippen LogP contribution in [0.2, 0.25) is 0 Å². The van der Waals surface area contributed by atoms with Crippen LogP contribution in [-0.4, -0.2) is 36.7 Å². The second-order valence-corrected chi connectivity index (χ2v) is 7.26. The van der Waals surface area contributed by atoms with E-state index in [-0.39, 0.29) is 11.7 Å². The first-order valence-corrected chi connectivity index (χ1v) is 9.77. The molecule has 7 heteroatoms. The van der Waals surface area contributed by atoms with Gasteiger partial charge >= 0.3 is 6.18 Å². The molecule has 1 N–H and O–H groups in total. The van der Waals surface area contributed by atoms with Crippen molar-refractivity contribution in [2.45, 2.75) is 38.5 Å². The molecule has 0 unspecified atom stereocenters. The fourth-order valence-corrected chi connectivity index (χ4v) is 3.29. The number of rotatable bonds is 7. The van der Waals surface area contributed by atoms with Gasteiger partial charge in [0.25, 0.3) is 5.91 Å². The van der Waals surface area contributed by atoms with E-state index in [1.54, 1.807) is 0 Å². The highest BCUT2D eigenvalue weighted by Crippen LogP contribution is 2.19. The fourth-order valence-electron chi connectivity index (χ4n) is 3.29. The maximum Gasteiger partial charge on any atom is 0.422 e. The molecular weight excluding hydrogens is 381 g/mol. The summed E-state index contributed by atoms with van der Waals surface area (Å²) in [6, 6.07) is 13.8. The molecule has 0 aromatic heterocycles. The summed E-state index contributed by atoms with van der Waals surface area (Å²) in [5.41, 5.74) is 2.62. The van der Waals surface area contributed by atoms with Gasteiger partial charge in [-0.3, -0.25) is 9.69 Å². The molecule has 1 heterocycles. The Labute approximate surface area is 168 Å². The molecule has 0 saturated carbocycles. The second-order valence-electron chi connectivity index (χ2n) is 7.26. The summed E-state index contributed by atoms with van der Waals surface area (Å²) in [6.45, 7) is 2.28. The lowest BCUT2D eigenvalue weighted by Gasteiger charge is -2.26. The van der Waals surface area contributed by atoms with Crippen molar-refractivity contribution in [2.75, 3.05) is 19.7 Å². The molecular formula is C22H25F3N2O2. The van der Waals surface area contributed by atoms with Crippen LogP contribution in [0.5, 0.6) is 5.75 Å². The number of nitrogens with zero attached hydrogens (tertiary/aromatic N) is 1. The summed E-state index contributed by atoms with van der Waals surface area (Å²) in [5.74, 6) is -0.215. The number of hydrogen-bond acceptors (Lipinski definition) is 3. The van der Waals surface area contributed by atoms with E-state index in [1.165, 1.54) is 49.1 Å². The molecule has 0 radical (unpaired) electrons. The molecule has 1 aliphatic rings. The van der Waals surface area contributed by atoms with E-state index >= 15 is 0 Å². The molecule has 0 aliphatic carbocycles. The lowest BCUT2D eigenvalue weighted by molar-refractivity contribution is -0.153. The Bertz CT molecular complexity index is 783. The van der Waals surface area contributed by atoms with E-state index in [1.807, 2.05) is 12.1 Å². The highest BCUT2D eigenvalue weighted by atomic mass is 19.4. The van der Waals surface area contributed by atoms with Crippen LogP contribution in [0.3, 0.4) is 0 Å². The number of ether oxygens (including phenoxy) is 1. The second kappa shape index (κ2) is 9.78. The third-order valence-electron chi connectivity index (χ3n) is 4.85. The molecule has 2 aromatic carbocycles. The summed E-state index contributed by atoms with van der Waals surface area (Å²) in [5, 5.41) is 2.82. The van der Waals surface area contributed by atoms with Gasteiger partial charge in [0.2, 0.25) is 0 Å². The number of hydrogen-bond donors (Lipinski definition) is 1. The minimum atomic E-state index is -4.39. The number of carbonyl (C=O) groups excluding carboxylic acids is 1. The van der Waals surface area contributed by atoms with Crippen LogP contribution in [0.25, 0.3) is 0 Å².